The first-order chi connectivity index (χ1) is 7.96. The summed E-state index contributed by atoms with van der Waals surface area (Å²) in [5, 5.41) is 3.04. The van der Waals surface area contributed by atoms with Crippen LogP contribution in [0.15, 0.2) is 18.2 Å². The lowest BCUT2D eigenvalue weighted by atomic mass is 10.1. The fourth-order valence-corrected chi connectivity index (χ4v) is 2.35. The van der Waals surface area contributed by atoms with E-state index in [0.717, 1.165) is 30.5 Å². The summed E-state index contributed by atoms with van der Waals surface area (Å²) in [5.41, 5.74) is 1.93. The van der Waals surface area contributed by atoms with E-state index in [1.165, 1.54) is 0 Å². The van der Waals surface area contributed by atoms with Gasteiger partial charge in [0.25, 0.3) is 0 Å². The minimum atomic E-state index is -3.55. The summed E-state index contributed by atoms with van der Waals surface area (Å²) in [6.45, 7) is 2.11. The summed E-state index contributed by atoms with van der Waals surface area (Å²) in [5.74, 6) is 0.491. The molecule has 0 spiro atoms. The third-order valence-corrected chi connectivity index (χ3v) is 3.18. The number of halogens is 2. The van der Waals surface area contributed by atoms with E-state index in [1.807, 2.05) is 19.2 Å². The molecule has 0 aliphatic rings. The van der Waals surface area contributed by atoms with Crippen molar-refractivity contribution in [3.05, 3.63) is 23.8 Å². The second kappa shape index (κ2) is 6.53. The maximum atomic E-state index is 11.3. The average Bonchev–Trinajstić information content (AvgIpc) is 2.26. The smallest absolute Gasteiger partial charge is 0.422 e. The number of unbranched alkanes of at least 4 members (excludes halogenated alkanes) is 1. The molecule has 0 aliphatic carbocycles. The summed E-state index contributed by atoms with van der Waals surface area (Å²) < 4.78 is 16.3. The van der Waals surface area contributed by atoms with E-state index in [1.54, 1.807) is 6.07 Å². The van der Waals surface area contributed by atoms with Crippen molar-refractivity contribution in [2.75, 3.05) is 12.4 Å². The Labute approximate surface area is 111 Å². The molecule has 0 aliphatic heterocycles. The molecular weight excluding hydrogens is 280 g/mol. The van der Waals surface area contributed by atoms with Crippen LogP contribution in [0.4, 0.5) is 5.69 Å². The lowest BCUT2D eigenvalue weighted by molar-refractivity contribution is 0.509. The molecule has 3 nitrogen and oxygen atoms in total. The zero-order valence-electron chi connectivity index (χ0n) is 9.87. The summed E-state index contributed by atoms with van der Waals surface area (Å²) in [7, 11) is 1.84. The van der Waals surface area contributed by atoms with Crippen LogP contribution in [0.25, 0.3) is 0 Å². The standard InChI is InChI=1S/C11H16Cl2NO2P/c1-3-4-5-9-8-10(14-2)6-7-11(9)16-17(12,13)15/h6-8,14H,3-5H2,1-2H3. The molecule has 0 amide bonds. The first-order valence-electron chi connectivity index (χ1n) is 5.46. The summed E-state index contributed by atoms with van der Waals surface area (Å²) in [6, 6.07) is 5.51. The van der Waals surface area contributed by atoms with Crippen LogP contribution in [0, 0.1) is 0 Å². The maximum absolute atomic E-state index is 11.3. The van der Waals surface area contributed by atoms with Crippen LogP contribution in [0.3, 0.4) is 0 Å². The lowest BCUT2D eigenvalue weighted by Crippen LogP contribution is -1.95. The van der Waals surface area contributed by atoms with Crippen molar-refractivity contribution >= 4 is 34.2 Å². The second-order valence-electron chi connectivity index (χ2n) is 3.68. The van der Waals surface area contributed by atoms with E-state index in [9.17, 15) is 4.57 Å². The molecular formula is C11H16Cl2NO2P. The first kappa shape index (κ1) is 14.7. The van der Waals surface area contributed by atoms with E-state index in [4.69, 9.17) is 27.0 Å². The molecule has 0 fully saturated rings. The molecule has 6 heteroatoms. The van der Waals surface area contributed by atoms with Crippen LogP contribution in [0.5, 0.6) is 5.75 Å². The molecule has 96 valence electrons. The second-order valence-corrected chi connectivity index (χ2v) is 7.88. The highest BCUT2D eigenvalue weighted by atomic mass is 35.9. The number of hydrogen-bond acceptors (Lipinski definition) is 3. The van der Waals surface area contributed by atoms with Crippen molar-refractivity contribution in [1.29, 1.82) is 0 Å². The van der Waals surface area contributed by atoms with Gasteiger partial charge in [-0.3, -0.25) is 0 Å². The zero-order valence-corrected chi connectivity index (χ0v) is 12.3. The van der Waals surface area contributed by atoms with Crippen molar-refractivity contribution in [1.82, 2.24) is 0 Å². The Bertz CT molecular complexity index is 420. The minimum absolute atomic E-state index is 0.491. The van der Waals surface area contributed by atoms with E-state index >= 15 is 0 Å². The predicted molar refractivity (Wildman–Crippen MR) is 74.5 cm³/mol. The van der Waals surface area contributed by atoms with Gasteiger partial charge in [-0.1, -0.05) is 13.3 Å². The van der Waals surface area contributed by atoms with Gasteiger partial charge in [0.1, 0.15) is 5.75 Å². The van der Waals surface area contributed by atoms with Gasteiger partial charge in [0.05, 0.1) is 0 Å². The number of nitrogens with one attached hydrogen (secondary N) is 1. The van der Waals surface area contributed by atoms with Crippen molar-refractivity contribution in [3.63, 3.8) is 0 Å². The fourth-order valence-electron chi connectivity index (χ4n) is 1.50. The van der Waals surface area contributed by atoms with Gasteiger partial charge in [-0.2, -0.15) is 0 Å². The van der Waals surface area contributed by atoms with Crippen LogP contribution in [0.1, 0.15) is 25.3 Å². The molecule has 1 aromatic carbocycles. The van der Waals surface area contributed by atoms with Crippen molar-refractivity contribution in [2.45, 2.75) is 26.2 Å². The van der Waals surface area contributed by atoms with Gasteiger partial charge < -0.3 is 9.84 Å². The van der Waals surface area contributed by atoms with Gasteiger partial charge >= 0.3 is 6.07 Å². The number of anilines is 1. The molecule has 0 saturated heterocycles. The van der Waals surface area contributed by atoms with E-state index < -0.39 is 6.07 Å². The van der Waals surface area contributed by atoms with Gasteiger partial charge in [-0.05, 0) is 36.6 Å². The van der Waals surface area contributed by atoms with E-state index in [2.05, 4.69) is 12.2 Å². The summed E-state index contributed by atoms with van der Waals surface area (Å²) >= 11 is 10.9. The number of rotatable bonds is 6. The summed E-state index contributed by atoms with van der Waals surface area (Å²) in [4.78, 5) is 0. The molecule has 0 bridgehead atoms. The van der Waals surface area contributed by atoms with Crippen molar-refractivity contribution in [2.24, 2.45) is 0 Å². The van der Waals surface area contributed by atoms with Gasteiger partial charge in [0.2, 0.25) is 0 Å². The third-order valence-electron chi connectivity index (χ3n) is 2.35. The van der Waals surface area contributed by atoms with E-state index in [-0.39, 0.29) is 0 Å². The topological polar surface area (TPSA) is 38.3 Å². The SMILES string of the molecule is CCCCc1cc(NC)ccc1OP(=O)(Cl)Cl. The molecule has 0 saturated carbocycles. The van der Waals surface area contributed by atoms with Crippen molar-refractivity contribution in [3.8, 4) is 5.75 Å². The first-order valence-corrected chi connectivity index (χ1v) is 8.89. The van der Waals surface area contributed by atoms with Crippen molar-refractivity contribution < 1.29 is 9.09 Å². The maximum Gasteiger partial charge on any atom is 0.428 e. The predicted octanol–water partition coefficient (Wildman–Crippen LogP) is 5.04. The van der Waals surface area contributed by atoms with Crippen LogP contribution in [0.2, 0.25) is 0 Å². The molecule has 0 unspecified atom stereocenters. The lowest BCUT2D eigenvalue weighted by Gasteiger charge is -2.13. The minimum Gasteiger partial charge on any atom is -0.422 e. The molecule has 17 heavy (non-hydrogen) atoms. The van der Waals surface area contributed by atoms with Crippen LogP contribution in [-0.2, 0) is 11.0 Å². The van der Waals surface area contributed by atoms with E-state index in [0.29, 0.717) is 5.75 Å². The Morgan fingerprint density at radius 1 is 1.41 bits per heavy atom. The Hall–Kier alpha value is -0.370. The highest BCUT2D eigenvalue weighted by Crippen LogP contribution is 2.57. The van der Waals surface area contributed by atoms with Gasteiger partial charge in [-0.25, -0.2) is 4.57 Å². The van der Waals surface area contributed by atoms with Crippen LogP contribution >= 0.6 is 28.6 Å². The molecule has 1 aromatic rings. The van der Waals surface area contributed by atoms with Gasteiger partial charge in [-0.15, -0.1) is 0 Å². The normalized spacial score (nSPS) is 11.3. The molecule has 1 N–H and O–H groups in total. The zero-order chi connectivity index (χ0) is 12.9. The van der Waals surface area contributed by atoms with Gasteiger partial charge in [0.15, 0.2) is 0 Å². The Morgan fingerprint density at radius 3 is 2.65 bits per heavy atom. The quantitative estimate of drug-likeness (QED) is 0.748. The molecule has 0 heterocycles. The molecule has 0 aromatic heterocycles. The number of aryl methyl sites for hydroxylation is 1. The third kappa shape index (κ3) is 5.20. The highest BCUT2D eigenvalue weighted by molar-refractivity contribution is 8.05. The monoisotopic (exact) mass is 295 g/mol. The van der Waals surface area contributed by atoms with Gasteiger partial charge in [0, 0.05) is 35.2 Å². The number of hydrogen-bond donors (Lipinski definition) is 1. The Kier molecular flexibility index (Phi) is 5.64. The number of benzene rings is 1. The molecule has 0 atom stereocenters. The summed E-state index contributed by atoms with van der Waals surface area (Å²) in [6.07, 6.45) is -0.606. The Morgan fingerprint density at radius 2 is 2.12 bits per heavy atom. The highest BCUT2D eigenvalue weighted by Gasteiger charge is 2.18. The molecule has 0 radical (unpaired) electrons. The van der Waals surface area contributed by atoms with Crippen LogP contribution < -0.4 is 9.84 Å². The average molecular weight is 296 g/mol. The molecule has 1 rings (SSSR count). The fraction of sp³-hybridized carbons (Fsp3) is 0.455. The Balaban J connectivity index is 2.97. The van der Waals surface area contributed by atoms with Crippen LogP contribution in [-0.4, -0.2) is 7.05 Å². The largest absolute Gasteiger partial charge is 0.428 e.